The van der Waals surface area contributed by atoms with Crippen LogP contribution < -0.4 is 0 Å². The van der Waals surface area contributed by atoms with Crippen LogP contribution in [0.1, 0.15) is 17.3 Å². The van der Waals surface area contributed by atoms with Crippen LogP contribution in [0.4, 0.5) is 0 Å². The van der Waals surface area contributed by atoms with Crippen molar-refractivity contribution in [2.45, 2.75) is 12.5 Å². The molecule has 1 aromatic rings. The van der Waals surface area contributed by atoms with E-state index in [1.165, 1.54) is 0 Å². The quantitative estimate of drug-likeness (QED) is 0.635. The van der Waals surface area contributed by atoms with Gasteiger partial charge in [-0.05, 0) is 0 Å². The number of ether oxygens (including phenoxy) is 1. The van der Waals surface area contributed by atoms with E-state index in [4.69, 9.17) is 4.74 Å². The lowest BCUT2D eigenvalue weighted by Gasteiger charge is -2.39. The molecule has 6 heteroatoms. The Morgan fingerprint density at radius 1 is 1.25 bits per heavy atom. The Kier molecular flexibility index (Phi) is 2.19. The van der Waals surface area contributed by atoms with Crippen molar-refractivity contribution in [2.24, 2.45) is 0 Å². The normalized spacial score (nSPS) is 24.9. The first-order valence-corrected chi connectivity index (χ1v) is 5.36. The van der Waals surface area contributed by atoms with E-state index in [9.17, 15) is 10.2 Å². The van der Waals surface area contributed by atoms with Gasteiger partial charge in [0.2, 0.25) is 5.88 Å². The van der Waals surface area contributed by atoms with E-state index in [0.29, 0.717) is 12.2 Å². The molecule has 86 valence electrons. The van der Waals surface area contributed by atoms with Crippen molar-refractivity contribution in [1.82, 2.24) is 14.9 Å². The molecule has 1 atom stereocenters. The molecule has 0 aromatic carbocycles. The Balaban J connectivity index is 2.07. The van der Waals surface area contributed by atoms with Crippen molar-refractivity contribution in [2.75, 3.05) is 26.3 Å². The lowest BCUT2D eigenvalue weighted by atomic mass is 9.97. The highest BCUT2D eigenvalue weighted by Gasteiger charge is 2.34. The molecule has 1 fully saturated rings. The topological polar surface area (TPSA) is 78.7 Å². The Morgan fingerprint density at radius 2 is 2.12 bits per heavy atom. The van der Waals surface area contributed by atoms with Crippen LogP contribution in [-0.2, 0) is 11.2 Å². The van der Waals surface area contributed by atoms with Gasteiger partial charge in [0.1, 0.15) is 0 Å². The summed E-state index contributed by atoms with van der Waals surface area (Å²) in [7, 11) is 0. The minimum atomic E-state index is -0.360. The van der Waals surface area contributed by atoms with E-state index in [0.717, 1.165) is 31.8 Å². The molecule has 0 radical (unpaired) electrons. The summed E-state index contributed by atoms with van der Waals surface area (Å²) in [6.07, 6.45) is 0.732. The summed E-state index contributed by atoms with van der Waals surface area (Å²) in [4.78, 5) is 9.82. The van der Waals surface area contributed by atoms with Crippen molar-refractivity contribution in [3.05, 3.63) is 11.3 Å². The number of fused-ring (bicyclic) bond motifs is 3. The lowest BCUT2D eigenvalue weighted by Crippen LogP contribution is -2.44. The molecule has 0 bridgehead atoms. The van der Waals surface area contributed by atoms with Gasteiger partial charge < -0.3 is 14.9 Å². The SMILES string of the molecule is Oc1nc(O)c2c(n1)CCN1CCOCC21. The van der Waals surface area contributed by atoms with E-state index >= 15 is 0 Å². The summed E-state index contributed by atoms with van der Waals surface area (Å²) < 4.78 is 5.41. The predicted octanol–water partition coefficient (Wildman–Crippen LogP) is -0.183. The molecule has 2 N–H and O–H groups in total. The molecule has 1 saturated heterocycles. The van der Waals surface area contributed by atoms with Crippen molar-refractivity contribution >= 4 is 0 Å². The Bertz CT molecular complexity index is 424. The van der Waals surface area contributed by atoms with Crippen molar-refractivity contribution in [3.63, 3.8) is 0 Å². The van der Waals surface area contributed by atoms with Gasteiger partial charge in [-0.25, -0.2) is 0 Å². The maximum absolute atomic E-state index is 9.78. The van der Waals surface area contributed by atoms with E-state index < -0.39 is 0 Å². The highest BCUT2D eigenvalue weighted by molar-refractivity contribution is 5.36. The lowest BCUT2D eigenvalue weighted by molar-refractivity contribution is -0.0146. The minimum absolute atomic E-state index is 0.0260. The molecule has 16 heavy (non-hydrogen) atoms. The fraction of sp³-hybridized carbons (Fsp3) is 0.600. The molecule has 1 unspecified atom stereocenters. The number of nitrogens with zero attached hydrogens (tertiary/aromatic N) is 3. The van der Waals surface area contributed by atoms with Gasteiger partial charge in [0.15, 0.2) is 0 Å². The number of aromatic nitrogens is 2. The van der Waals surface area contributed by atoms with Gasteiger partial charge in [0.25, 0.3) is 0 Å². The molecule has 1 aromatic heterocycles. The summed E-state index contributed by atoms with van der Waals surface area (Å²) in [5.41, 5.74) is 1.44. The minimum Gasteiger partial charge on any atom is -0.493 e. The van der Waals surface area contributed by atoms with E-state index in [-0.39, 0.29) is 17.9 Å². The molecule has 3 rings (SSSR count). The first kappa shape index (κ1) is 9.80. The van der Waals surface area contributed by atoms with E-state index in [1.807, 2.05) is 0 Å². The van der Waals surface area contributed by atoms with Gasteiger partial charge >= 0.3 is 6.01 Å². The standard InChI is InChI=1S/C10H13N3O3/c14-9-8-6(11-10(15)12-9)1-2-13-3-4-16-5-7(8)13/h7H,1-5H2,(H2,11,12,14,15). The maximum atomic E-state index is 9.78. The number of hydrogen-bond donors (Lipinski definition) is 2. The third-order valence-corrected chi connectivity index (χ3v) is 3.20. The Hall–Kier alpha value is -1.40. The second-order valence-electron chi connectivity index (χ2n) is 4.08. The van der Waals surface area contributed by atoms with Crippen LogP contribution >= 0.6 is 0 Å². The largest absolute Gasteiger partial charge is 0.493 e. The third kappa shape index (κ3) is 1.42. The number of aromatic hydroxyl groups is 2. The van der Waals surface area contributed by atoms with E-state index in [2.05, 4.69) is 14.9 Å². The third-order valence-electron chi connectivity index (χ3n) is 3.20. The van der Waals surface area contributed by atoms with Crippen molar-refractivity contribution in [3.8, 4) is 11.9 Å². The average Bonchev–Trinajstić information content (AvgIpc) is 2.28. The zero-order chi connectivity index (χ0) is 11.1. The molecule has 0 aliphatic carbocycles. The first-order chi connectivity index (χ1) is 7.75. The predicted molar refractivity (Wildman–Crippen MR) is 54.2 cm³/mol. The number of morpholine rings is 1. The molecular weight excluding hydrogens is 210 g/mol. The molecule has 3 heterocycles. The molecule has 2 aliphatic rings. The summed E-state index contributed by atoms with van der Waals surface area (Å²) in [5.74, 6) is -0.122. The fourth-order valence-corrected chi connectivity index (χ4v) is 2.44. The highest BCUT2D eigenvalue weighted by Crippen LogP contribution is 2.36. The van der Waals surface area contributed by atoms with Gasteiger partial charge in [-0.1, -0.05) is 0 Å². The van der Waals surface area contributed by atoms with Gasteiger partial charge in [-0.2, -0.15) is 9.97 Å². The molecule has 0 spiro atoms. The highest BCUT2D eigenvalue weighted by atomic mass is 16.5. The van der Waals surface area contributed by atoms with Crippen molar-refractivity contribution < 1.29 is 14.9 Å². The molecular formula is C10H13N3O3. The zero-order valence-corrected chi connectivity index (χ0v) is 8.76. The second-order valence-corrected chi connectivity index (χ2v) is 4.08. The average molecular weight is 223 g/mol. The molecule has 6 nitrogen and oxygen atoms in total. The van der Waals surface area contributed by atoms with Gasteiger partial charge in [-0.15, -0.1) is 0 Å². The zero-order valence-electron chi connectivity index (χ0n) is 8.76. The molecule has 0 amide bonds. The fourth-order valence-electron chi connectivity index (χ4n) is 2.44. The molecule has 2 aliphatic heterocycles. The second kappa shape index (κ2) is 3.57. The van der Waals surface area contributed by atoms with E-state index in [1.54, 1.807) is 0 Å². The summed E-state index contributed by atoms with van der Waals surface area (Å²) in [5, 5.41) is 19.0. The smallest absolute Gasteiger partial charge is 0.317 e. The van der Waals surface area contributed by atoms with Crippen LogP contribution in [0.2, 0.25) is 0 Å². The maximum Gasteiger partial charge on any atom is 0.317 e. The van der Waals surface area contributed by atoms with Crippen LogP contribution in [0.3, 0.4) is 0 Å². The van der Waals surface area contributed by atoms with Crippen molar-refractivity contribution in [1.29, 1.82) is 0 Å². The van der Waals surface area contributed by atoms with Crippen LogP contribution in [0.15, 0.2) is 0 Å². The van der Waals surface area contributed by atoms with Crippen LogP contribution in [-0.4, -0.2) is 51.4 Å². The summed E-state index contributed by atoms with van der Waals surface area (Å²) in [6.45, 7) is 3.03. The monoisotopic (exact) mass is 223 g/mol. The Morgan fingerprint density at radius 3 is 3.00 bits per heavy atom. The summed E-state index contributed by atoms with van der Waals surface area (Å²) in [6, 6.07) is -0.334. The van der Waals surface area contributed by atoms with Crippen LogP contribution in [0.5, 0.6) is 11.9 Å². The summed E-state index contributed by atoms with van der Waals surface area (Å²) >= 11 is 0. The van der Waals surface area contributed by atoms with Crippen LogP contribution in [0.25, 0.3) is 0 Å². The Labute approximate surface area is 92.5 Å². The van der Waals surface area contributed by atoms with Gasteiger partial charge in [0, 0.05) is 19.5 Å². The number of rotatable bonds is 0. The number of hydrogen-bond acceptors (Lipinski definition) is 6. The van der Waals surface area contributed by atoms with Gasteiger partial charge in [0.05, 0.1) is 30.5 Å². The van der Waals surface area contributed by atoms with Crippen LogP contribution in [0, 0.1) is 0 Å². The molecule has 0 saturated carbocycles. The first-order valence-electron chi connectivity index (χ1n) is 5.36. The van der Waals surface area contributed by atoms with Gasteiger partial charge in [-0.3, -0.25) is 4.90 Å².